The maximum Gasteiger partial charge on any atom is 0.270 e. The molecule has 0 aliphatic rings. The standard InChI is InChI=1S/C20H20N4O4S/c1-14-12-19(22-17-8-6-15(7-9-17)10-11-29(2,27)28)23-20(21-14)16-4-3-5-18(13-16)24(25)26/h3-9,12-13H,10-11H2,1-2H3,(H,21,22,23). The third-order valence-electron chi connectivity index (χ3n) is 4.16. The van der Waals surface area contributed by atoms with Crippen molar-refractivity contribution in [3.05, 3.63) is 76.0 Å². The molecule has 1 heterocycles. The summed E-state index contributed by atoms with van der Waals surface area (Å²) in [7, 11) is -3.00. The van der Waals surface area contributed by atoms with Gasteiger partial charge in [-0.1, -0.05) is 24.3 Å². The number of nitro groups is 1. The lowest BCUT2D eigenvalue weighted by Crippen LogP contribution is -2.05. The summed E-state index contributed by atoms with van der Waals surface area (Å²) in [4.78, 5) is 19.4. The average molecular weight is 412 g/mol. The molecule has 0 radical (unpaired) electrons. The lowest BCUT2D eigenvalue weighted by atomic mass is 10.1. The van der Waals surface area contributed by atoms with Crippen LogP contribution in [0.2, 0.25) is 0 Å². The second-order valence-electron chi connectivity index (χ2n) is 6.73. The van der Waals surface area contributed by atoms with Gasteiger partial charge in [0.2, 0.25) is 0 Å². The minimum Gasteiger partial charge on any atom is -0.340 e. The van der Waals surface area contributed by atoms with Crippen molar-refractivity contribution in [2.24, 2.45) is 0 Å². The highest BCUT2D eigenvalue weighted by Crippen LogP contribution is 2.24. The van der Waals surface area contributed by atoms with Crippen molar-refractivity contribution in [2.75, 3.05) is 17.3 Å². The molecule has 3 aromatic rings. The van der Waals surface area contributed by atoms with Crippen LogP contribution in [-0.4, -0.2) is 35.3 Å². The number of hydrogen-bond acceptors (Lipinski definition) is 7. The first-order valence-corrected chi connectivity index (χ1v) is 10.9. The van der Waals surface area contributed by atoms with Gasteiger partial charge < -0.3 is 5.32 Å². The van der Waals surface area contributed by atoms with E-state index in [9.17, 15) is 18.5 Å². The number of nitrogens with zero attached hydrogens (tertiary/aromatic N) is 3. The summed E-state index contributed by atoms with van der Waals surface area (Å²) in [6.45, 7) is 1.82. The van der Waals surface area contributed by atoms with E-state index in [1.807, 2.05) is 31.2 Å². The van der Waals surface area contributed by atoms with Crippen molar-refractivity contribution in [1.29, 1.82) is 0 Å². The summed E-state index contributed by atoms with van der Waals surface area (Å²) in [6, 6.07) is 15.4. The molecule has 0 aliphatic carbocycles. The molecule has 0 spiro atoms. The predicted octanol–water partition coefficient (Wildman–Crippen LogP) is 3.69. The van der Waals surface area contributed by atoms with Crippen LogP contribution in [-0.2, 0) is 16.3 Å². The van der Waals surface area contributed by atoms with Gasteiger partial charge in [0.25, 0.3) is 5.69 Å². The highest BCUT2D eigenvalue weighted by Gasteiger charge is 2.11. The van der Waals surface area contributed by atoms with Crippen LogP contribution >= 0.6 is 0 Å². The number of rotatable bonds is 7. The quantitative estimate of drug-likeness (QED) is 0.465. The minimum atomic E-state index is -3.00. The van der Waals surface area contributed by atoms with Crippen molar-refractivity contribution in [3.8, 4) is 11.4 Å². The number of nitro benzene ring substituents is 1. The van der Waals surface area contributed by atoms with E-state index < -0.39 is 14.8 Å². The van der Waals surface area contributed by atoms with Gasteiger partial charge in [-0.2, -0.15) is 0 Å². The van der Waals surface area contributed by atoms with Gasteiger partial charge in [0.1, 0.15) is 15.7 Å². The molecule has 0 fully saturated rings. The van der Waals surface area contributed by atoms with Gasteiger partial charge in [-0.05, 0) is 31.0 Å². The maximum absolute atomic E-state index is 11.3. The normalized spacial score (nSPS) is 11.2. The van der Waals surface area contributed by atoms with E-state index in [2.05, 4.69) is 15.3 Å². The first-order chi connectivity index (χ1) is 13.7. The Morgan fingerprint density at radius 3 is 2.45 bits per heavy atom. The van der Waals surface area contributed by atoms with Gasteiger partial charge in [-0.3, -0.25) is 10.1 Å². The van der Waals surface area contributed by atoms with Crippen molar-refractivity contribution in [2.45, 2.75) is 13.3 Å². The molecule has 3 rings (SSSR count). The van der Waals surface area contributed by atoms with Gasteiger partial charge in [-0.25, -0.2) is 18.4 Å². The number of aromatic nitrogens is 2. The summed E-state index contributed by atoms with van der Waals surface area (Å²) in [5.74, 6) is 1.06. The molecule has 0 saturated heterocycles. The molecule has 0 saturated carbocycles. The lowest BCUT2D eigenvalue weighted by Gasteiger charge is -2.09. The molecule has 1 N–H and O–H groups in total. The molecule has 0 amide bonds. The molecular formula is C20H20N4O4S. The van der Waals surface area contributed by atoms with Crippen LogP contribution in [0.4, 0.5) is 17.2 Å². The summed E-state index contributed by atoms with van der Waals surface area (Å²) >= 11 is 0. The number of hydrogen-bond donors (Lipinski definition) is 1. The van der Waals surface area contributed by atoms with Crippen LogP contribution in [0.5, 0.6) is 0 Å². The van der Waals surface area contributed by atoms with E-state index in [0.717, 1.165) is 11.3 Å². The van der Waals surface area contributed by atoms with Crippen molar-refractivity contribution in [1.82, 2.24) is 9.97 Å². The fourth-order valence-corrected chi connectivity index (χ4v) is 3.33. The van der Waals surface area contributed by atoms with Gasteiger partial charge in [0, 0.05) is 41.4 Å². The van der Waals surface area contributed by atoms with Crippen LogP contribution in [0.3, 0.4) is 0 Å². The maximum atomic E-state index is 11.3. The van der Waals surface area contributed by atoms with Crippen LogP contribution in [0, 0.1) is 17.0 Å². The molecule has 0 atom stereocenters. The Balaban J connectivity index is 1.80. The largest absolute Gasteiger partial charge is 0.340 e. The monoisotopic (exact) mass is 412 g/mol. The van der Waals surface area contributed by atoms with E-state index in [1.54, 1.807) is 18.2 Å². The Morgan fingerprint density at radius 2 is 1.79 bits per heavy atom. The highest BCUT2D eigenvalue weighted by atomic mass is 32.2. The molecule has 0 unspecified atom stereocenters. The molecule has 0 aliphatic heterocycles. The van der Waals surface area contributed by atoms with Crippen molar-refractivity contribution < 1.29 is 13.3 Å². The summed E-state index contributed by atoms with van der Waals surface area (Å²) < 4.78 is 22.6. The topological polar surface area (TPSA) is 115 Å². The van der Waals surface area contributed by atoms with Gasteiger partial charge in [0.15, 0.2) is 5.82 Å². The zero-order valence-electron chi connectivity index (χ0n) is 16.0. The smallest absolute Gasteiger partial charge is 0.270 e. The van der Waals surface area contributed by atoms with Crippen LogP contribution in [0.15, 0.2) is 54.6 Å². The zero-order chi connectivity index (χ0) is 21.0. The van der Waals surface area contributed by atoms with E-state index in [-0.39, 0.29) is 11.4 Å². The van der Waals surface area contributed by atoms with E-state index in [1.165, 1.54) is 18.4 Å². The van der Waals surface area contributed by atoms with Gasteiger partial charge >= 0.3 is 0 Å². The Hall–Kier alpha value is -3.33. The van der Waals surface area contributed by atoms with E-state index in [0.29, 0.717) is 29.3 Å². The van der Waals surface area contributed by atoms with E-state index in [4.69, 9.17) is 0 Å². The number of nitrogens with one attached hydrogen (secondary N) is 1. The van der Waals surface area contributed by atoms with Gasteiger partial charge in [0.05, 0.1) is 10.7 Å². The Labute approximate surface area is 168 Å². The van der Waals surface area contributed by atoms with Crippen LogP contribution in [0.1, 0.15) is 11.3 Å². The molecule has 9 heteroatoms. The highest BCUT2D eigenvalue weighted by molar-refractivity contribution is 7.90. The Bertz CT molecular complexity index is 1150. The molecule has 2 aromatic carbocycles. The van der Waals surface area contributed by atoms with Crippen molar-refractivity contribution >= 4 is 27.0 Å². The van der Waals surface area contributed by atoms with Crippen LogP contribution in [0.25, 0.3) is 11.4 Å². The fraction of sp³-hybridized carbons (Fsp3) is 0.200. The number of aryl methyl sites for hydroxylation is 2. The third kappa shape index (κ3) is 5.82. The third-order valence-corrected chi connectivity index (χ3v) is 5.10. The average Bonchev–Trinajstić information content (AvgIpc) is 2.66. The second-order valence-corrected chi connectivity index (χ2v) is 8.99. The summed E-state index contributed by atoms with van der Waals surface area (Å²) in [5, 5.41) is 14.2. The van der Waals surface area contributed by atoms with Crippen LogP contribution < -0.4 is 5.32 Å². The molecule has 0 bridgehead atoms. The van der Waals surface area contributed by atoms with Crippen molar-refractivity contribution in [3.63, 3.8) is 0 Å². The number of non-ortho nitro benzene ring substituents is 1. The first kappa shape index (κ1) is 20.4. The zero-order valence-corrected chi connectivity index (χ0v) is 16.8. The van der Waals surface area contributed by atoms with E-state index >= 15 is 0 Å². The molecular weight excluding hydrogens is 392 g/mol. The number of sulfone groups is 1. The first-order valence-electron chi connectivity index (χ1n) is 8.84. The molecule has 8 nitrogen and oxygen atoms in total. The number of anilines is 2. The molecule has 29 heavy (non-hydrogen) atoms. The van der Waals surface area contributed by atoms with Gasteiger partial charge in [-0.15, -0.1) is 0 Å². The fourth-order valence-electron chi connectivity index (χ4n) is 2.73. The Morgan fingerprint density at radius 1 is 1.07 bits per heavy atom. The minimum absolute atomic E-state index is 0.0215. The number of benzene rings is 2. The lowest BCUT2D eigenvalue weighted by molar-refractivity contribution is -0.384. The Kier molecular flexibility index (Phi) is 5.88. The SMILES string of the molecule is Cc1cc(Nc2ccc(CCS(C)(=O)=O)cc2)nc(-c2cccc([N+](=O)[O-])c2)n1. The molecule has 150 valence electrons. The molecule has 1 aromatic heterocycles. The summed E-state index contributed by atoms with van der Waals surface area (Å²) in [5.41, 5.74) is 2.97. The second kappa shape index (κ2) is 8.36. The predicted molar refractivity (Wildman–Crippen MR) is 112 cm³/mol. The summed E-state index contributed by atoms with van der Waals surface area (Å²) in [6.07, 6.45) is 1.68.